The number of hydrogen-bond acceptors (Lipinski definition) is 6. The summed E-state index contributed by atoms with van der Waals surface area (Å²) in [4.78, 5) is 34.8. The normalized spacial score (nSPS) is 11.4. The zero-order valence-electron chi connectivity index (χ0n) is 15.7. The fourth-order valence-corrected chi connectivity index (χ4v) is 2.94. The highest BCUT2D eigenvalue weighted by Gasteiger charge is 2.19. The molecule has 2 amide bonds. The van der Waals surface area contributed by atoms with Gasteiger partial charge < -0.3 is 15.4 Å². The van der Waals surface area contributed by atoms with Crippen LogP contribution in [0.25, 0.3) is 0 Å². The number of nitrogens with one attached hydrogen (secondary N) is 2. The number of carbonyl (C=O) groups excluding carboxylic acids is 2. The van der Waals surface area contributed by atoms with Crippen LogP contribution in [0.4, 0.5) is 17.1 Å². The lowest BCUT2D eigenvalue weighted by atomic mass is 10.2. The van der Waals surface area contributed by atoms with Crippen LogP contribution < -0.4 is 15.4 Å². The van der Waals surface area contributed by atoms with E-state index >= 15 is 0 Å². The van der Waals surface area contributed by atoms with E-state index in [0.29, 0.717) is 11.4 Å². The highest BCUT2D eigenvalue weighted by molar-refractivity contribution is 8.01. The van der Waals surface area contributed by atoms with Gasteiger partial charge in [0.1, 0.15) is 5.75 Å². The van der Waals surface area contributed by atoms with E-state index < -0.39 is 10.2 Å². The number of methoxy groups -OCH3 is 1. The summed E-state index contributed by atoms with van der Waals surface area (Å²) in [5.74, 6) is -0.198. The molecule has 0 fully saturated rings. The first kappa shape index (κ1) is 21.2. The standard InChI is InChI=1S/C19H21N3O5S/c1-12-4-6-14(7-5-12)20-18(23)11-28-13(2)19(24)21-16-10-15(22(25)26)8-9-17(16)27-3/h4-10,13H,11H2,1-3H3,(H,20,23)(H,21,24). The molecule has 2 N–H and O–H groups in total. The highest BCUT2D eigenvalue weighted by Crippen LogP contribution is 2.29. The van der Waals surface area contributed by atoms with Gasteiger partial charge in [0.2, 0.25) is 11.8 Å². The van der Waals surface area contributed by atoms with E-state index in [1.54, 1.807) is 6.92 Å². The maximum Gasteiger partial charge on any atom is 0.271 e. The van der Waals surface area contributed by atoms with Crippen molar-refractivity contribution < 1.29 is 19.2 Å². The number of carbonyl (C=O) groups is 2. The molecule has 1 unspecified atom stereocenters. The third kappa shape index (κ3) is 5.98. The van der Waals surface area contributed by atoms with E-state index in [1.807, 2.05) is 31.2 Å². The summed E-state index contributed by atoms with van der Waals surface area (Å²) in [5.41, 5.74) is 1.83. The molecule has 148 valence electrons. The van der Waals surface area contributed by atoms with E-state index in [4.69, 9.17) is 4.74 Å². The maximum absolute atomic E-state index is 12.4. The fourth-order valence-electron chi connectivity index (χ4n) is 2.25. The van der Waals surface area contributed by atoms with Gasteiger partial charge in [0.25, 0.3) is 5.69 Å². The van der Waals surface area contributed by atoms with Gasteiger partial charge in [-0.15, -0.1) is 11.8 Å². The predicted octanol–water partition coefficient (Wildman–Crippen LogP) is 3.61. The molecule has 2 aromatic rings. The topological polar surface area (TPSA) is 111 Å². The number of anilines is 2. The molecule has 2 rings (SSSR count). The number of amides is 2. The molecule has 0 saturated carbocycles. The van der Waals surface area contributed by atoms with Crippen LogP contribution in [0.15, 0.2) is 42.5 Å². The summed E-state index contributed by atoms with van der Waals surface area (Å²) in [7, 11) is 1.41. The van der Waals surface area contributed by atoms with Gasteiger partial charge in [-0.25, -0.2) is 0 Å². The minimum Gasteiger partial charge on any atom is -0.495 e. The second-order valence-electron chi connectivity index (χ2n) is 6.00. The molecule has 9 heteroatoms. The van der Waals surface area contributed by atoms with Crippen LogP contribution in [0.3, 0.4) is 0 Å². The van der Waals surface area contributed by atoms with E-state index in [2.05, 4.69) is 10.6 Å². The Morgan fingerprint density at radius 2 is 1.86 bits per heavy atom. The summed E-state index contributed by atoms with van der Waals surface area (Å²) in [5, 5.41) is 15.8. The number of benzene rings is 2. The number of thioether (sulfide) groups is 1. The molecule has 0 radical (unpaired) electrons. The van der Waals surface area contributed by atoms with Crippen LogP contribution in [-0.2, 0) is 9.59 Å². The van der Waals surface area contributed by atoms with Crippen molar-refractivity contribution in [2.45, 2.75) is 19.1 Å². The van der Waals surface area contributed by atoms with Crippen LogP contribution >= 0.6 is 11.8 Å². The summed E-state index contributed by atoms with van der Waals surface area (Å²) in [6.45, 7) is 3.61. The minimum atomic E-state index is -0.553. The molecule has 8 nitrogen and oxygen atoms in total. The molecule has 0 bridgehead atoms. The van der Waals surface area contributed by atoms with Gasteiger partial charge >= 0.3 is 0 Å². The third-order valence-electron chi connectivity index (χ3n) is 3.82. The number of rotatable bonds is 8. The lowest BCUT2D eigenvalue weighted by Gasteiger charge is -2.14. The monoisotopic (exact) mass is 403 g/mol. The van der Waals surface area contributed by atoms with Crippen LogP contribution in [-0.4, -0.2) is 34.9 Å². The molecular weight excluding hydrogens is 382 g/mol. The zero-order chi connectivity index (χ0) is 20.7. The second-order valence-corrected chi connectivity index (χ2v) is 7.33. The number of nitro groups is 1. The molecular formula is C19H21N3O5S. The number of hydrogen-bond donors (Lipinski definition) is 2. The first-order chi connectivity index (χ1) is 13.3. The quantitative estimate of drug-likeness (QED) is 0.515. The molecule has 0 heterocycles. The average Bonchev–Trinajstić information content (AvgIpc) is 2.67. The van der Waals surface area contributed by atoms with Crippen LogP contribution in [0.2, 0.25) is 0 Å². The number of nitro benzene ring substituents is 1. The van der Waals surface area contributed by atoms with Gasteiger partial charge in [-0.05, 0) is 32.0 Å². The molecule has 0 aliphatic rings. The van der Waals surface area contributed by atoms with Gasteiger partial charge in [-0.3, -0.25) is 19.7 Å². The Kier molecular flexibility index (Phi) is 7.39. The Labute approximate surface area is 166 Å². The summed E-state index contributed by atoms with van der Waals surface area (Å²) in [6, 6.07) is 11.3. The maximum atomic E-state index is 12.4. The molecule has 1 atom stereocenters. The predicted molar refractivity (Wildman–Crippen MR) is 110 cm³/mol. The van der Waals surface area contributed by atoms with Crippen LogP contribution in [0.5, 0.6) is 5.75 Å². The van der Waals surface area contributed by atoms with E-state index in [0.717, 1.165) is 17.3 Å². The lowest BCUT2D eigenvalue weighted by Crippen LogP contribution is -2.25. The Balaban J connectivity index is 1.92. The lowest BCUT2D eigenvalue weighted by molar-refractivity contribution is -0.384. The summed E-state index contributed by atoms with van der Waals surface area (Å²) >= 11 is 1.16. The molecule has 28 heavy (non-hydrogen) atoms. The van der Waals surface area contributed by atoms with Gasteiger partial charge in [0, 0.05) is 17.8 Å². The summed E-state index contributed by atoms with van der Waals surface area (Å²) < 4.78 is 5.13. The van der Waals surface area contributed by atoms with E-state index in [9.17, 15) is 19.7 Å². The van der Waals surface area contributed by atoms with E-state index in [1.165, 1.54) is 25.3 Å². The number of ether oxygens (including phenoxy) is 1. The highest BCUT2D eigenvalue weighted by atomic mass is 32.2. The Bertz CT molecular complexity index is 870. The van der Waals surface area contributed by atoms with Gasteiger partial charge in [-0.1, -0.05) is 17.7 Å². The minimum absolute atomic E-state index is 0.0918. The Morgan fingerprint density at radius 1 is 1.18 bits per heavy atom. The van der Waals surface area contributed by atoms with Crippen molar-refractivity contribution in [2.24, 2.45) is 0 Å². The molecule has 2 aromatic carbocycles. The van der Waals surface area contributed by atoms with Crippen molar-refractivity contribution in [2.75, 3.05) is 23.5 Å². The van der Waals surface area contributed by atoms with Crippen molar-refractivity contribution in [3.05, 3.63) is 58.1 Å². The Hall–Kier alpha value is -3.07. The van der Waals surface area contributed by atoms with Crippen molar-refractivity contribution in [3.8, 4) is 5.75 Å². The largest absolute Gasteiger partial charge is 0.495 e. The number of nitrogens with zero attached hydrogens (tertiary/aromatic N) is 1. The molecule has 0 saturated heterocycles. The van der Waals surface area contributed by atoms with Crippen molar-refractivity contribution in [3.63, 3.8) is 0 Å². The van der Waals surface area contributed by atoms with Gasteiger partial charge in [0.15, 0.2) is 0 Å². The first-order valence-electron chi connectivity index (χ1n) is 8.41. The third-order valence-corrected chi connectivity index (χ3v) is 4.96. The second kappa shape index (κ2) is 9.75. The number of aryl methyl sites for hydroxylation is 1. The molecule has 0 spiro atoms. The van der Waals surface area contributed by atoms with Crippen molar-refractivity contribution >= 4 is 40.6 Å². The molecule has 0 aliphatic carbocycles. The summed E-state index contributed by atoms with van der Waals surface area (Å²) in [6.07, 6.45) is 0. The zero-order valence-corrected chi connectivity index (χ0v) is 16.5. The van der Waals surface area contributed by atoms with Gasteiger partial charge in [-0.2, -0.15) is 0 Å². The Morgan fingerprint density at radius 3 is 2.46 bits per heavy atom. The van der Waals surface area contributed by atoms with E-state index in [-0.39, 0.29) is 28.9 Å². The first-order valence-corrected chi connectivity index (χ1v) is 9.46. The van der Waals surface area contributed by atoms with Crippen LogP contribution in [0, 0.1) is 17.0 Å². The SMILES string of the molecule is COc1ccc([N+](=O)[O-])cc1NC(=O)C(C)SCC(=O)Nc1ccc(C)cc1. The van der Waals surface area contributed by atoms with Crippen molar-refractivity contribution in [1.82, 2.24) is 0 Å². The smallest absolute Gasteiger partial charge is 0.271 e. The van der Waals surface area contributed by atoms with Crippen LogP contribution in [0.1, 0.15) is 12.5 Å². The number of non-ortho nitro benzene ring substituents is 1. The fraction of sp³-hybridized carbons (Fsp3) is 0.263. The van der Waals surface area contributed by atoms with Crippen molar-refractivity contribution in [1.29, 1.82) is 0 Å². The molecule has 0 aromatic heterocycles. The van der Waals surface area contributed by atoms with Gasteiger partial charge in [0.05, 0.1) is 28.7 Å². The molecule has 0 aliphatic heterocycles. The average molecular weight is 403 g/mol.